The van der Waals surface area contributed by atoms with Crippen molar-refractivity contribution in [2.75, 3.05) is 13.6 Å². The molecular weight excluding hydrogens is 264 g/mol. The van der Waals surface area contributed by atoms with E-state index < -0.39 is 9.05 Å². The number of hydrogen-bond donors (Lipinski definition) is 1. The van der Waals surface area contributed by atoms with Crippen LogP contribution in [-0.4, -0.2) is 37.8 Å². The number of aromatic amines is 1. The van der Waals surface area contributed by atoms with Crippen LogP contribution in [0.4, 0.5) is 0 Å². The summed E-state index contributed by atoms with van der Waals surface area (Å²) in [6.45, 7) is 4.58. The predicted molar refractivity (Wildman–Crippen MR) is 65.6 cm³/mol. The zero-order valence-electron chi connectivity index (χ0n) is 9.90. The first-order valence-corrected chi connectivity index (χ1v) is 7.41. The summed E-state index contributed by atoms with van der Waals surface area (Å²) in [5.74, 6) is 0.0837. The van der Waals surface area contributed by atoms with Gasteiger partial charge in [-0.1, -0.05) is 13.8 Å². The minimum Gasteiger partial charge on any atom is -0.356 e. The fraction of sp³-hybridized carbons (Fsp3) is 0.500. The van der Waals surface area contributed by atoms with Crippen molar-refractivity contribution in [1.29, 1.82) is 0 Å². The number of halogens is 1. The van der Waals surface area contributed by atoms with E-state index in [0.29, 0.717) is 12.5 Å². The SMILES string of the molecule is CC(C)CN(C)C(=O)c1cc(S(=O)(=O)Cl)c[nH]1. The van der Waals surface area contributed by atoms with Gasteiger partial charge in [0.15, 0.2) is 0 Å². The van der Waals surface area contributed by atoms with Crippen LogP contribution in [0.2, 0.25) is 0 Å². The molecule has 17 heavy (non-hydrogen) atoms. The first-order valence-electron chi connectivity index (χ1n) is 5.10. The number of rotatable bonds is 4. The summed E-state index contributed by atoms with van der Waals surface area (Å²) in [7, 11) is 3.04. The van der Waals surface area contributed by atoms with Crippen LogP contribution in [0.3, 0.4) is 0 Å². The number of carbonyl (C=O) groups excluding carboxylic acids is 1. The molecule has 0 spiro atoms. The molecule has 1 N–H and O–H groups in total. The van der Waals surface area contributed by atoms with Crippen molar-refractivity contribution in [3.05, 3.63) is 18.0 Å². The van der Waals surface area contributed by atoms with Gasteiger partial charge in [-0.25, -0.2) is 8.42 Å². The molecule has 0 bridgehead atoms. The fourth-order valence-electron chi connectivity index (χ4n) is 1.47. The molecular formula is C10H15ClN2O3S. The van der Waals surface area contributed by atoms with Gasteiger partial charge in [0.2, 0.25) is 0 Å². The second-order valence-electron chi connectivity index (χ2n) is 4.27. The van der Waals surface area contributed by atoms with Gasteiger partial charge in [-0.2, -0.15) is 0 Å². The average molecular weight is 279 g/mol. The lowest BCUT2D eigenvalue weighted by molar-refractivity contribution is 0.0774. The van der Waals surface area contributed by atoms with Gasteiger partial charge in [0.25, 0.3) is 15.0 Å². The van der Waals surface area contributed by atoms with Crippen LogP contribution >= 0.6 is 10.7 Å². The third-order valence-corrected chi connectivity index (χ3v) is 3.49. The van der Waals surface area contributed by atoms with E-state index in [1.807, 2.05) is 13.8 Å². The molecule has 1 heterocycles. The standard InChI is InChI=1S/C10H15ClN2O3S/c1-7(2)6-13(3)10(14)9-4-8(5-12-9)17(11,15)16/h4-5,7,12H,6H2,1-3H3. The van der Waals surface area contributed by atoms with Crippen molar-refractivity contribution in [2.45, 2.75) is 18.7 Å². The molecule has 0 aliphatic heterocycles. The molecule has 0 fully saturated rings. The van der Waals surface area contributed by atoms with E-state index in [9.17, 15) is 13.2 Å². The second-order valence-corrected chi connectivity index (χ2v) is 6.83. The molecule has 1 aromatic heterocycles. The van der Waals surface area contributed by atoms with Crippen molar-refractivity contribution in [3.8, 4) is 0 Å². The van der Waals surface area contributed by atoms with Crippen molar-refractivity contribution in [2.24, 2.45) is 5.92 Å². The van der Waals surface area contributed by atoms with E-state index in [1.54, 1.807) is 7.05 Å². The highest BCUT2D eigenvalue weighted by Crippen LogP contribution is 2.16. The quantitative estimate of drug-likeness (QED) is 0.852. The molecule has 0 saturated heterocycles. The lowest BCUT2D eigenvalue weighted by Crippen LogP contribution is -2.30. The topological polar surface area (TPSA) is 70.2 Å². The van der Waals surface area contributed by atoms with E-state index in [4.69, 9.17) is 10.7 Å². The van der Waals surface area contributed by atoms with Crippen LogP contribution < -0.4 is 0 Å². The molecule has 96 valence electrons. The number of nitrogens with zero attached hydrogens (tertiary/aromatic N) is 1. The van der Waals surface area contributed by atoms with Crippen LogP contribution in [0.25, 0.3) is 0 Å². The molecule has 0 unspecified atom stereocenters. The van der Waals surface area contributed by atoms with Gasteiger partial charge >= 0.3 is 0 Å². The van der Waals surface area contributed by atoms with Crippen LogP contribution in [-0.2, 0) is 9.05 Å². The summed E-state index contributed by atoms with van der Waals surface area (Å²) >= 11 is 0. The van der Waals surface area contributed by atoms with Crippen LogP contribution in [0.1, 0.15) is 24.3 Å². The maximum Gasteiger partial charge on any atom is 0.270 e. The smallest absolute Gasteiger partial charge is 0.270 e. The third kappa shape index (κ3) is 3.74. The minimum absolute atomic E-state index is 0.0968. The summed E-state index contributed by atoms with van der Waals surface area (Å²) in [5, 5.41) is 0. The minimum atomic E-state index is -3.79. The van der Waals surface area contributed by atoms with Crippen LogP contribution in [0.15, 0.2) is 17.2 Å². The summed E-state index contributed by atoms with van der Waals surface area (Å²) in [4.78, 5) is 15.9. The van der Waals surface area contributed by atoms with Crippen molar-refractivity contribution in [1.82, 2.24) is 9.88 Å². The van der Waals surface area contributed by atoms with E-state index in [2.05, 4.69) is 4.98 Å². The monoisotopic (exact) mass is 278 g/mol. The Bertz CT molecular complexity index is 507. The number of H-pyrrole nitrogens is 1. The van der Waals surface area contributed by atoms with Crippen molar-refractivity contribution < 1.29 is 13.2 Å². The predicted octanol–water partition coefficient (Wildman–Crippen LogP) is 1.67. The average Bonchev–Trinajstić information content (AvgIpc) is 2.63. The maximum absolute atomic E-state index is 11.9. The number of hydrogen-bond acceptors (Lipinski definition) is 3. The normalized spacial score (nSPS) is 11.8. The van der Waals surface area contributed by atoms with E-state index in [-0.39, 0.29) is 16.5 Å². The van der Waals surface area contributed by atoms with E-state index >= 15 is 0 Å². The Balaban J connectivity index is 2.88. The Kier molecular flexibility index (Phi) is 4.21. The highest BCUT2D eigenvalue weighted by molar-refractivity contribution is 8.13. The van der Waals surface area contributed by atoms with Gasteiger partial charge in [0.05, 0.1) is 0 Å². The van der Waals surface area contributed by atoms with Gasteiger partial charge in [0, 0.05) is 30.5 Å². The lowest BCUT2D eigenvalue weighted by atomic mass is 10.2. The Hall–Kier alpha value is -1.01. The fourth-order valence-corrected chi connectivity index (χ4v) is 2.20. The van der Waals surface area contributed by atoms with Gasteiger partial charge < -0.3 is 9.88 Å². The molecule has 1 rings (SSSR count). The third-order valence-electron chi connectivity index (χ3n) is 2.15. The highest BCUT2D eigenvalue weighted by Gasteiger charge is 2.18. The van der Waals surface area contributed by atoms with Crippen molar-refractivity contribution in [3.63, 3.8) is 0 Å². The van der Waals surface area contributed by atoms with E-state index in [1.165, 1.54) is 17.2 Å². The zero-order valence-corrected chi connectivity index (χ0v) is 11.5. The van der Waals surface area contributed by atoms with Crippen molar-refractivity contribution >= 4 is 25.6 Å². The Labute approximate surface area is 105 Å². The number of amides is 1. The molecule has 0 saturated carbocycles. The highest BCUT2D eigenvalue weighted by atomic mass is 35.7. The molecule has 0 atom stereocenters. The summed E-state index contributed by atoms with van der Waals surface area (Å²) in [6.07, 6.45) is 1.21. The van der Waals surface area contributed by atoms with Crippen LogP contribution in [0.5, 0.6) is 0 Å². The molecule has 7 heteroatoms. The van der Waals surface area contributed by atoms with Gasteiger partial charge in [-0.3, -0.25) is 4.79 Å². The zero-order chi connectivity index (χ0) is 13.2. The second kappa shape index (κ2) is 5.10. The Morgan fingerprint density at radius 2 is 2.12 bits per heavy atom. The van der Waals surface area contributed by atoms with Gasteiger partial charge in [0.1, 0.15) is 10.6 Å². The number of nitrogens with one attached hydrogen (secondary N) is 1. The molecule has 1 amide bonds. The molecule has 1 aromatic rings. The number of carbonyl (C=O) groups is 1. The lowest BCUT2D eigenvalue weighted by Gasteiger charge is -2.18. The Morgan fingerprint density at radius 3 is 2.53 bits per heavy atom. The molecule has 0 aliphatic rings. The Morgan fingerprint density at radius 1 is 1.53 bits per heavy atom. The van der Waals surface area contributed by atoms with Crippen LogP contribution in [0, 0.1) is 5.92 Å². The largest absolute Gasteiger partial charge is 0.356 e. The first kappa shape index (κ1) is 14.1. The van der Waals surface area contributed by atoms with Gasteiger partial charge in [-0.05, 0) is 12.0 Å². The molecule has 5 nitrogen and oxygen atoms in total. The summed E-state index contributed by atoms with van der Waals surface area (Å²) in [6, 6.07) is 1.24. The molecule has 0 radical (unpaired) electrons. The molecule has 0 aliphatic carbocycles. The van der Waals surface area contributed by atoms with Gasteiger partial charge in [-0.15, -0.1) is 0 Å². The summed E-state index contributed by atoms with van der Waals surface area (Å²) in [5.41, 5.74) is 0.215. The maximum atomic E-state index is 11.9. The molecule has 0 aromatic carbocycles. The first-order chi connectivity index (χ1) is 7.71. The number of aromatic nitrogens is 1. The van der Waals surface area contributed by atoms with E-state index in [0.717, 1.165) is 0 Å². The summed E-state index contributed by atoms with van der Waals surface area (Å²) < 4.78 is 22.1.